The summed E-state index contributed by atoms with van der Waals surface area (Å²) in [4.78, 5) is 30.3. The Morgan fingerprint density at radius 2 is 2.27 bits per heavy atom. The first-order valence-corrected chi connectivity index (χ1v) is 9.66. The monoisotopic (exact) mass is 371 g/mol. The number of ketones is 1. The fraction of sp³-hybridized carbons (Fsp3) is 0.421. The Bertz CT molecular complexity index is 1020. The van der Waals surface area contributed by atoms with Crippen LogP contribution < -0.4 is 5.56 Å². The number of thiophene rings is 1. The van der Waals surface area contributed by atoms with Crippen LogP contribution in [-0.4, -0.2) is 32.6 Å². The molecule has 3 aromatic heterocycles. The molecular formula is C19H21N3O3S. The molecule has 3 aromatic rings. The number of nitrogens with zero attached hydrogens (tertiary/aromatic N) is 3. The number of ether oxygens (including phenoxy) is 1. The first kappa shape index (κ1) is 17.2. The average Bonchev–Trinajstić information content (AvgIpc) is 3.35. The van der Waals surface area contributed by atoms with Gasteiger partial charge in [0, 0.05) is 30.1 Å². The topological polar surface area (TPSA) is 66.1 Å². The summed E-state index contributed by atoms with van der Waals surface area (Å²) in [5.41, 5.74) is 2.47. The van der Waals surface area contributed by atoms with Gasteiger partial charge in [-0.05, 0) is 44.2 Å². The average molecular weight is 371 g/mol. The molecule has 0 saturated carbocycles. The van der Waals surface area contributed by atoms with Crippen LogP contribution in [0.3, 0.4) is 0 Å². The van der Waals surface area contributed by atoms with Crippen LogP contribution in [0.4, 0.5) is 0 Å². The van der Waals surface area contributed by atoms with E-state index in [0.29, 0.717) is 15.8 Å². The summed E-state index contributed by atoms with van der Waals surface area (Å²) in [5, 5.41) is 2.40. The lowest BCUT2D eigenvalue weighted by Crippen LogP contribution is -2.24. The molecule has 0 radical (unpaired) electrons. The first-order chi connectivity index (χ1) is 12.5. The zero-order valence-corrected chi connectivity index (χ0v) is 15.7. The van der Waals surface area contributed by atoms with Crippen LogP contribution in [0.15, 0.2) is 28.6 Å². The van der Waals surface area contributed by atoms with Crippen molar-refractivity contribution in [1.82, 2.24) is 14.1 Å². The van der Waals surface area contributed by atoms with E-state index in [2.05, 4.69) is 9.55 Å². The van der Waals surface area contributed by atoms with Gasteiger partial charge >= 0.3 is 0 Å². The number of fused-ring (bicyclic) bond motifs is 1. The summed E-state index contributed by atoms with van der Waals surface area (Å²) in [6.45, 7) is 5.55. The van der Waals surface area contributed by atoms with Crippen molar-refractivity contribution in [2.45, 2.75) is 45.9 Å². The van der Waals surface area contributed by atoms with E-state index in [1.807, 2.05) is 25.3 Å². The second-order valence-corrected chi connectivity index (χ2v) is 7.67. The molecular weight excluding hydrogens is 350 g/mol. The molecule has 1 aliphatic heterocycles. The Hall–Kier alpha value is -2.25. The quantitative estimate of drug-likeness (QED) is 0.647. The molecule has 6 nitrogen and oxygen atoms in total. The molecule has 0 bridgehead atoms. The standard InChI is InChI=1S/C19H21N3O3S/c1-12-8-16(13(2)22(12)9-14-4-3-6-25-14)17(23)10-21-11-20-18-15(19(21)24)5-7-26-18/h5,7-8,11,14H,3-4,6,9-10H2,1-2H3/t14-/m0/s1. The third-order valence-corrected chi connectivity index (χ3v) is 5.87. The molecule has 0 unspecified atom stereocenters. The SMILES string of the molecule is Cc1cc(C(=O)Cn2cnc3sccc3c2=O)c(C)n1C[C@@H]1CCCO1. The van der Waals surface area contributed by atoms with E-state index in [1.54, 1.807) is 6.07 Å². The molecule has 1 saturated heterocycles. The van der Waals surface area contributed by atoms with Gasteiger partial charge in [-0.3, -0.25) is 14.2 Å². The summed E-state index contributed by atoms with van der Waals surface area (Å²) in [5.74, 6) is -0.0739. The number of aryl methyl sites for hydroxylation is 1. The third kappa shape index (κ3) is 3.01. The maximum atomic E-state index is 12.8. The second-order valence-electron chi connectivity index (χ2n) is 6.77. The molecule has 136 valence electrons. The third-order valence-electron chi connectivity index (χ3n) is 5.05. The molecule has 0 aliphatic carbocycles. The van der Waals surface area contributed by atoms with Crippen molar-refractivity contribution in [3.05, 3.63) is 51.1 Å². The van der Waals surface area contributed by atoms with Gasteiger partial charge in [-0.2, -0.15) is 0 Å². The largest absolute Gasteiger partial charge is 0.376 e. The van der Waals surface area contributed by atoms with Crippen LogP contribution in [-0.2, 0) is 17.8 Å². The predicted octanol–water partition coefficient (Wildman–Crippen LogP) is 2.94. The smallest absolute Gasteiger partial charge is 0.262 e. The van der Waals surface area contributed by atoms with Crippen molar-refractivity contribution in [3.63, 3.8) is 0 Å². The summed E-state index contributed by atoms with van der Waals surface area (Å²) in [6, 6.07) is 3.66. The molecule has 1 fully saturated rings. The van der Waals surface area contributed by atoms with Gasteiger partial charge in [-0.1, -0.05) is 0 Å². The van der Waals surface area contributed by atoms with E-state index in [0.717, 1.165) is 37.4 Å². The van der Waals surface area contributed by atoms with Crippen LogP contribution in [0.5, 0.6) is 0 Å². The van der Waals surface area contributed by atoms with Crippen LogP contribution in [0.1, 0.15) is 34.6 Å². The minimum absolute atomic E-state index is 0.00183. The molecule has 26 heavy (non-hydrogen) atoms. The van der Waals surface area contributed by atoms with Gasteiger partial charge in [-0.25, -0.2) is 4.98 Å². The molecule has 4 heterocycles. The Labute approximate surface area is 155 Å². The molecule has 1 atom stereocenters. The highest BCUT2D eigenvalue weighted by Gasteiger charge is 2.21. The van der Waals surface area contributed by atoms with Crippen molar-refractivity contribution in [2.24, 2.45) is 0 Å². The number of Topliss-reactive ketones (excluding diaryl/α,β-unsaturated/α-hetero) is 1. The molecule has 0 aromatic carbocycles. The second kappa shape index (κ2) is 6.81. The van der Waals surface area contributed by atoms with E-state index >= 15 is 0 Å². The molecule has 7 heteroatoms. The molecule has 0 spiro atoms. The van der Waals surface area contributed by atoms with Gasteiger partial charge in [0.15, 0.2) is 5.78 Å². The van der Waals surface area contributed by atoms with Crippen molar-refractivity contribution >= 4 is 27.3 Å². The Kier molecular flexibility index (Phi) is 4.50. The van der Waals surface area contributed by atoms with Gasteiger partial charge < -0.3 is 9.30 Å². The number of carbonyl (C=O) groups is 1. The zero-order valence-electron chi connectivity index (χ0n) is 14.9. The minimum atomic E-state index is -0.169. The van der Waals surface area contributed by atoms with Gasteiger partial charge in [0.2, 0.25) is 0 Å². The van der Waals surface area contributed by atoms with E-state index in [4.69, 9.17) is 4.74 Å². The lowest BCUT2D eigenvalue weighted by molar-refractivity contribution is 0.0948. The highest BCUT2D eigenvalue weighted by molar-refractivity contribution is 7.16. The maximum absolute atomic E-state index is 12.8. The minimum Gasteiger partial charge on any atom is -0.376 e. The van der Waals surface area contributed by atoms with Crippen LogP contribution in [0.25, 0.3) is 10.2 Å². The highest BCUT2D eigenvalue weighted by Crippen LogP contribution is 2.21. The molecule has 0 amide bonds. The Morgan fingerprint density at radius 3 is 3.04 bits per heavy atom. The van der Waals surface area contributed by atoms with Crippen LogP contribution in [0.2, 0.25) is 0 Å². The summed E-state index contributed by atoms with van der Waals surface area (Å²) < 4.78 is 9.26. The van der Waals surface area contributed by atoms with Crippen molar-refractivity contribution in [3.8, 4) is 0 Å². The lowest BCUT2D eigenvalue weighted by Gasteiger charge is -2.14. The molecule has 4 rings (SSSR count). The molecule has 0 N–H and O–H groups in total. The fourth-order valence-corrected chi connectivity index (χ4v) is 4.33. The maximum Gasteiger partial charge on any atom is 0.262 e. The lowest BCUT2D eigenvalue weighted by atomic mass is 10.1. The van der Waals surface area contributed by atoms with Gasteiger partial charge in [-0.15, -0.1) is 11.3 Å². The zero-order chi connectivity index (χ0) is 18.3. The number of rotatable bonds is 5. The highest BCUT2D eigenvalue weighted by atomic mass is 32.1. The van der Waals surface area contributed by atoms with Crippen molar-refractivity contribution in [1.29, 1.82) is 0 Å². The summed E-state index contributed by atoms with van der Waals surface area (Å²) in [7, 11) is 0. The Morgan fingerprint density at radius 1 is 1.42 bits per heavy atom. The Balaban J connectivity index is 1.59. The van der Waals surface area contributed by atoms with Gasteiger partial charge in [0.1, 0.15) is 4.83 Å². The number of hydrogen-bond donors (Lipinski definition) is 0. The van der Waals surface area contributed by atoms with Crippen molar-refractivity contribution in [2.75, 3.05) is 6.61 Å². The van der Waals surface area contributed by atoms with E-state index in [1.165, 1.54) is 22.2 Å². The first-order valence-electron chi connectivity index (χ1n) is 8.79. The van der Waals surface area contributed by atoms with Crippen LogP contribution in [0, 0.1) is 13.8 Å². The van der Waals surface area contributed by atoms with Crippen LogP contribution >= 0.6 is 11.3 Å². The number of aromatic nitrogens is 3. The van der Waals surface area contributed by atoms with E-state index in [-0.39, 0.29) is 24.0 Å². The summed E-state index contributed by atoms with van der Waals surface area (Å²) in [6.07, 6.45) is 3.83. The number of hydrogen-bond acceptors (Lipinski definition) is 5. The normalized spacial score (nSPS) is 17.2. The fourth-order valence-electron chi connectivity index (χ4n) is 3.60. The number of carbonyl (C=O) groups excluding carboxylic acids is 1. The van der Waals surface area contributed by atoms with E-state index in [9.17, 15) is 9.59 Å². The summed E-state index contributed by atoms with van der Waals surface area (Å²) >= 11 is 1.42. The molecule has 1 aliphatic rings. The van der Waals surface area contributed by atoms with E-state index < -0.39 is 0 Å². The predicted molar refractivity (Wildman–Crippen MR) is 101 cm³/mol. The van der Waals surface area contributed by atoms with Crippen molar-refractivity contribution < 1.29 is 9.53 Å². The van der Waals surface area contributed by atoms with Gasteiger partial charge in [0.05, 0.1) is 24.4 Å². The van der Waals surface area contributed by atoms with Gasteiger partial charge in [0.25, 0.3) is 5.56 Å².